The Morgan fingerprint density at radius 2 is 1.87 bits per heavy atom. The summed E-state index contributed by atoms with van der Waals surface area (Å²) in [5.41, 5.74) is 2.67. The number of aryl methyl sites for hydroxylation is 1. The Kier molecular flexibility index (Phi) is 3.72. The molecule has 1 fully saturated rings. The summed E-state index contributed by atoms with van der Waals surface area (Å²) in [7, 11) is 0. The lowest BCUT2D eigenvalue weighted by Gasteiger charge is -2.12. The lowest BCUT2D eigenvalue weighted by molar-refractivity contribution is -0.143. The molecule has 0 bridgehead atoms. The minimum absolute atomic E-state index is 0.191. The van der Waals surface area contributed by atoms with Crippen molar-refractivity contribution in [1.82, 2.24) is 9.88 Å². The minimum atomic E-state index is -0.826. The number of hydrogen-bond acceptors (Lipinski definition) is 2. The van der Waals surface area contributed by atoms with Gasteiger partial charge >= 0.3 is 5.97 Å². The quantitative estimate of drug-likeness (QED) is 0.891. The molecule has 2 N–H and O–H groups in total. The molecule has 5 heteroatoms. The number of nitrogens with zero attached hydrogens (tertiary/aromatic N) is 1. The number of para-hydroxylation sites is 1. The topological polar surface area (TPSA) is 71.3 Å². The number of nitrogens with one attached hydrogen (secondary N) is 1. The van der Waals surface area contributed by atoms with Crippen molar-refractivity contribution in [3.63, 3.8) is 0 Å². The maximum absolute atomic E-state index is 12.4. The van der Waals surface area contributed by atoms with Gasteiger partial charge in [0.05, 0.1) is 11.0 Å². The number of aliphatic carboxylic acids is 1. The monoisotopic (exact) mass is 312 g/mol. The van der Waals surface area contributed by atoms with Crippen LogP contribution in [0.25, 0.3) is 5.69 Å². The van der Waals surface area contributed by atoms with Gasteiger partial charge < -0.3 is 15.0 Å². The third kappa shape index (κ3) is 2.74. The van der Waals surface area contributed by atoms with Gasteiger partial charge in [-0.25, -0.2) is 0 Å². The highest BCUT2D eigenvalue weighted by atomic mass is 16.4. The largest absolute Gasteiger partial charge is 0.481 e. The minimum Gasteiger partial charge on any atom is -0.481 e. The first-order valence-corrected chi connectivity index (χ1v) is 7.70. The fraction of sp³-hybridized carbons (Fsp3) is 0.333. The van der Waals surface area contributed by atoms with E-state index in [1.807, 2.05) is 54.8 Å². The molecule has 1 aromatic heterocycles. The Hall–Kier alpha value is -2.56. The van der Waals surface area contributed by atoms with E-state index < -0.39 is 11.4 Å². The van der Waals surface area contributed by atoms with Crippen LogP contribution in [0.3, 0.4) is 0 Å². The molecule has 1 aliphatic rings. The summed E-state index contributed by atoms with van der Waals surface area (Å²) in [6.45, 7) is 4.05. The van der Waals surface area contributed by atoms with E-state index in [2.05, 4.69) is 5.32 Å². The molecule has 5 nitrogen and oxygen atoms in total. The van der Waals surface area contributed by atoms with E-state index in [9.17, 15) is 14.7 Å². The molecule has 1 heterocycles. The van der Waals surface area contributed by atoms with Crippen LogP contribution in [0.2, 0.25) is 0 Å². The maximum Gasteiger partial charge on any atom is 0.311 e. The second-order valence-corrected chi connectivity index (χ2v) is 6.22. The van der Waals surface area contributed by atoms with E-state index >= 15 is 0 Å². The van der Waals surface area contributed by atoms with E-state index in [0.29, 0.717) is 18.4 Å². The Bertz CT molecular complexity index is 758. The number of carboxylic acids is 1. The average molecular weight is 312 g/mol. The summed E-state index contributed by atoms with van der Waals surface area (Å²) in [5.74, 6) is -1.04. The molecule has 2 aromatic rings. The lowest BCUT2D eigenvalue weighted by atomic mass is 10.1. The number of carbonyl (C=O) groups excluding carboxylic acids is 1. The highest BCUT2D eigenvalue weighted by Crippen LogP contribution is 2.45. The molecule has 0 atom stereocenters. The van der Waals surface area contributed by atoms with Crippen LogP contribution >= 0.6 is 0 Å². The van der Waals surface area contributed by atoms with E-state index in [4.69, 9.17) is 0 Å². The molecule has 0 saturated heterocycles. The third-order valence-electron chi connectivity index (χ3n) is 4.58. The number of carboxylic acid groups (broad SMARTS) is 1. The van der Waals surface area contributed by atoms with Gasteiger partial charge in [-0.15, -0.1) is 0 Å². The molecular weight excluding hydrogens is 292 g/mol. The maximum atomic E-state index is 12.4. The van der Waals surface area contributed by atoms with Crippen molar-refractivity contribution in [1.29, 1.82) is 0 Å². The van der Waals surface area contributed by atoms with Crippen molar-refractivity contribution < 1.29 is 14.7 Å². The van der Waals surface area contributed by atoms with Crippen LogP contribution in [-0.2, 0) is 4.79 Å². The van der Waals surface area contributed by atoms with E-state index in [-0.39, 0.29) is 12.5 Å². The fourth-order valence-electron chi connectivity index (χ4n) is 2.93. The highest BCUT2D eigenvalue weighted by Gasteiger charge is 2.50. The number of aromatic nitrogens is 1. The Morgan fingerprint density at radius 3 is 2.43 bits per heavy atom. The predicted molar refractivity (Wildman–Crippen MR) is 86.9 cm³/mol. The molecule has 23 heavy (non-hydrogen) atoms. The highest BCUT2D eigenvalue weighted by molar-refractivity contribution is 5.96. The zero-order valence-corrected chi connectivity index (χ0v) is 13.3. The second kappa shape index (κ2) is 5.57. The molecule has 1 saturated carbocycles. The normalized spacial score (nSPS) is 15.2. The van der Waals surface area contributed by atoms with Crippen LogP contribution < -0.4 is 5.32 Å². The second-order valence-electron chi connectivity index (χ2n) is 6.22. The Morgan fingerprint density at radius 1 is 1.22 bits per heavy atom. The smallest absolute Gasteiger partial charge is 0.311 e. The summed E-state index contributed by atoms with van der Waals surface area (Å²) < 4.78 is 2.03. The molecule has 0 spiro atoms. The van der Waals surface area contributed by atoms with Crippen LogP contribution in [0.4, 0.5) is 0 Å². The van der Waals surface area contributed by atoms with Crippen molar-refractivity contribution in [2.24, 2.45) is 5.41 Å². The number of amides is 1. The molecule has 0 radical (unpaired) electrons. The summed E-state index contributed by atoms with van der Waals surface area (Å²) in [5, 5.41) is 12.0. The van der Waals surface area contributed by atoms with Gasteiger partial charge in [0.15, 0.2) is 0 Å². The van der Waals surface area contributed by atoms with Crippen molar-refractivity contribution in [3.8, 4) is 5.69 Å². The SMILES string of the molecule is Cc1cc(C(=O)NCC2(C(=O)O)CC2)c(C)n1-c1ccccc1. The first-order valence-electron chi connectivity index (χ1n) is 7.70. The van der Waals surface area contributed by atoms with Crippen LogP contribution in [0.1, 0.15) is 34.6 Å². The number of carbonyl (C=O) groups is 2. The zero-order valence-electron chi connectivity index (χ0n) is 13.3. The Labute approximate surface area is 134 Å². The Balaban J connectivity index is 1.81. The van der Waals surface area contributed by atoms with Gasteiger partial charge in [-0.2, -0.15) is 0 Å². The predicted octanol–water partition coefficient (Wildman–Crippen LogP) is 2.69. The van der Waals surface area contributed by atoms with Gasteiger partial charge in [-0.05, 0) is 44.9 Å². The van der Waals surface area contributed by atoms with Crippen LogP contribution in [-0.4, -0.2) is 28.1 Å². The van der Waals surface area contributed by atoms with E-state index in [1.54, 1.807) is 0 Å². The van der Waals surface area contributed by atoms with Gasteiger partial charge in [0.2, 0.25) is 0 Å². The van der Waals surface area contributed by atoms with Gasteiger partial charge in [0.1, 0.15) is 0 Å². The molecule has 1 aromatic carbocycles. The molecule has 1 aliphatic carbocycles. The molecule has 0 aliphatic heterocycles. The van der Waals surface area contributed by atoms with Gasteiger partial charge in [0, 0.05) is 23.6 Å². The lowest BCUT2D eigenvalue weighted by Crippen LogP contribution is -2.34. The van der Waals surface area contributed by atoms with Crippen molar-refractivity contribution in [3.05, 3.63) is 53.3 Å². The number of hydrogen-bond donors (Lipinski definition) is 2. The van der Waals surface area contributed by atoms with Crippen molar-refractivity contribution in [2.45, 2.75) is 26.7 Å². The van der Waals surface area contributed by atoms with Crippen LogP contribution in [0.5, 0.6) is 0 Å². The van der Waals surface area contributed by atoms with E-state index in [1.165, 1.54) is 0 Å². The first-order chi connectivity index (χ1) is 10.9. The van der Waals surface area contributed by atoms with E-state index in [0.717, 1.165) is 17.1 Å². The summed E-state index contributed by atoms with van der Waals surface area (Å²) in [4.78, 5) is 23.6. The number of rotatable bonds is 5. The number of benzene rings is 1. The van der Waals surface area contributed by atoms with Crippen LogP contribution in [0.15, 0.2) is 36.4 Å². The standard InChI is InChI=1S/C18H20N2O3/c1-12-10-15(13(2)20(12)14-6-4-3-5-7-14)16(21)19-11-18(8-9-18)17(22)23/h3-7,10H,8-9,11H2,1-2H3,(H,19,21)(H,22,23). The first kappa shape index (κ1) is 15.3. The molecule has 120 valence electrons. The van der Waals surface area contributed by atoms with Crippen molar-refractivity contribution >= 4 is 11.9 Å². The third-order valence-corrected chi connectivity index (χ3v) is 4.58. The summed E-state index contributed by atoms with van der Waals surface area (Å²) >= 11 is 0. The molecule has 0 unspecified atom stereocenters. The summed E-state index contributed by atoms with van der Waals surface area (Å²) in [6.07, 6.45) is 1.26. The van der Waals surface area contributed by atoms with Gasteiger partial charge in [-0.3, -0.25) is 9.59 Å². The fourth-order valence-corrected chi connectivity index (χ4v) is 2.93. The van der Waals surface area contributed by atoms with Crippen LogP contribution in [0, 0.1) is 19.3 Å². The summed E-state index contributed by atoms with van der Waals surface area (Å²) in [6, 6.07) is 11.7. The van der Waals surface area contributed by atoms with Gasteiger partial charge in [0.25, 0.3) is 5.91 Å². The zero-order chi connectivity index (χ0) is 16.6. The average Bonchev–Trinajstić information content (AvgIpc) is 3.27. The van der Waals surface area contributed by atoms with Crippen molar-refractivity contribution in [2.75, 3.05) is 6.54 Å². The van der Waals surface area contributed by atoms with Gasteiger partial charge in [-0.1, -0.05) is 18.2 Å². The molecular formula is C18H20N2O3. The molecule has 1 amide bonds. The molecule has 3 rings (SSSR count).